The van der Waals surface area contributed by atoms with Gasteiger partial charge in [0.25, 0.3) is 0 Å². The molecule has 0 amide bonds. The number of aromatic nitrogens is 5. The Kier molecular flexibility index (Phi) is 4.53. The number of rotatable bonds is 3. The van der Waals surface area contributed by atoms with Crippen molar-refractivity contribution < 1.29 is 0 Å². The molecule has 6 nitrogen and oxygen atoms in total. The molecule has 1 atom stereocenters. The van der Waals surface area contributed by atoms with E-state index in [0.29, 0.717) is 5.92 Å². The molecule has 3 aromatic heterocycles. The summed E-state index contributed by atoms with van der Waals surface area (Å²) in [6.45, 7) is 1.93. The van der Waals surface area contributed by atoms with E-state index in [-0.39, 0.29) is 0 Å². The lowest BCUT2D eigenvalue weighted by atomic mass is 9.98. The molecule has 5 rings (SSSR count). The first-order chi connectivity index (χ1) is 13.4. The normalized spacial score (nSPS) is 19.7. The summed E-state index contributed by atoms with van der Waals surface area (Å²) < 4.78 is 0. The molecule has 0 N–H and O–H groups in total. The highest BCUT2D eigenvalue weighted by atomic mass is 32.1. The predicted octanol–water partition coefficient (Wildman–Crippen LogP) is 3.65. The molecule has 1 fully saturated rings. The molecule has 0 bridgehead atoms. The van der Waals surface area contributed by atoms with E-state index in [1.165, 1.54) is 41.3 Å². The fraction of sp³-hybridized carbons (Fsp3) is 0.450. The Hall–Kier alpha value is -2.41. The number of anilines is 1. The van der Waals surface area contributed by atoms with E-state index in [2.05, 4.69) is 19.9 Å². The third kappa shape index (κ3) is 3.43. The van der Waals surface area contributed by atoms with E-state index in [1.54, 1.807) is 18.6 Å². The van der Waals surface area contributed by atoms with E-state index in [0.717, 1.165) is 43.3 Å². The lowest BCUT2D eigenvalue weighted by Crippen LogP contribution is -2.35. The maximum absolute atomic E-state index is 5.00. The van der Waals surface area contributed by atoms with Crippen LogP contribution in [0.5, 0.6) is 0 Å². The first-order valence-corrected chi connectivity index (χ1v) is 10.5. The van der Waals surface area contributed by atoms with Gasteiger partial charge in [-0.25, -0.2) is 15.0 Å². The molecule has 27 heavy (non-hydrogen) atoms. The molecule has 0 unspecified atom stereocenters. The highest BCUT2D eigenvalue weighted by molar-refractivity contribution is 7.11. The zero-order valence-electron chi connectivity index (χ0n) is 15.2. The van der Waals surface area contributed by atoms with Gasteiger partial charge >= 0.3 is 0 Å². The van der Waals surface area contributed by atoms with Crippen LogP contribution in [-0.2, 0) is 12.8 Å². The minimum absolute atomic E-state index is 0.484. The van der Waals surface area contributed by atoms with E-state index >= 15 is 0 Å². The zero-order chi connectivity index (χ0) is 18.1. The third-order valence-electron chi connectivity index (χ3n) is 5.38. The first-order valence-electron chi connectivity index (χ1n) is 9.70. The summed E-state index contributed by atoms with van der Waals surface area (Å²) in [5.74, 6) is 1.27. The summed E-state index contributed by atoms with van der Waals surface area (Å²) in [5.41, 5.74) is 2.96. The second kappa shape index (κ2) is 7.31. The Morgan fingerprint density at radius 2 is 1.93 bits per heavy atom. The largest absolute Gasteiger partial charge is 0.340 e. The minimum atomic E-state index is 0.484. The van der Waals surface area contributed by atoms with Crippen molar-refractivity contribution in [3.63, 3.8) is 0 Å². The molecular weight excluding hydrogens is 356 g/mol. The number of hydrogen-bond acceptors (Lipinski definition) is 7. The number of hydrogen-bond donors (Lipinski definition) is 0. The zero-order valence-corrected chi connectivity index (χ0v) is 16.0. The van der Waals surface area contributed by atoms with Crippen LogP contribution < -0.4 is 4.90 Å². The van der Waals surface area contributed by atoms with Crippen LogP contribution in [0.25, 0.3) is 11.4 Å². The molecule has 3 aromatic rings. The predicted molar refractivity (Wildman–Crippen MR) is 106 cm³/mol. The van der Waals surface area contributed by atoms with Crippen molar-refractivity contribution in [2.24, 2.45) is 0 Å². The lowest BCUT2D eigenvalue weighted by molar-refractivity contribution is 0.501. The van der Waals surface area contributed by atoms with Crippen LogP contribution in [0.3, 0.4) is 0 Å². The summed E-state index contributed by atoms with van der Waals surface area (Å²) in [6, 6.07) is 1.89. The van der Waals surface area contributed by atoms with Gasteiger partial charge in [-0.15, -0.1) is 11.3 Å². The van der Waals surface area contributed by atoms with Crippen LogP contribution in [0.4, 0.5) is 5.95 Å². The number of nitrogens with zero attached hydrogens (tertiary/aromatic N) is 6. The standard InChI is InChI=1S/C20H22N6S/c1-2-6-18-16(5-1)24-19(27-18)14-4-3-11-26(13-14)20-23-8-7-15(25-20)17-12-21-9-10-22-17/h7-10,12,14H,1-6,11,13H2/t14-/m0/s1. The molecule has 1 aliphatic heterocycles. The highest BCUT2D eigenvalue weighted by Gasteiger charge is 2.27. The second-order valence-corrected chi connectivity index (χ2v) is 8.36. The molecular formula is C20H22N6S. The van der Waals surface area contributed by atoms with Gasteiger partial charge in [-0.2, -0.15) is 0 Å². The van der Waals surface area contributed by atoms with Crippen LogP contribution in [-0.4, -0.2) is 38.0 Å². The van der Waals surface area contributed by atoms with E-state index in [4.69, 9.17) is 9.97 Å². The average Bonchev–Trinajstić information content (AvgIpc) is 3.19. The van der Waals surface area contributed by atoms with Crippen molar-refractivity contribution in [1.29, 1.82) is 0 Å². The Labute approximate surface area is 162 Å². The van der Waals surface area contributed by atoms with Crippen molar-refractivity contribution in [3.8, 4) is 11.4 Å². The van der Waals surface area contributed by atoms with Crippen molar-refractivity contribution >= 4 is 17.3 Å². The average molecular weight is 379 g/mol. The maximum atomic E-state index is 5.00. The van der Waals surface area contributed by atoms with Crippen molar-refractivity contribution in [2.45, 2.75) is 44.4 Å². The van der Waals surface area contributed by atoms with E-state index in [1.807, 2.05) is 23.6 Å². The van der Waals surface area contributed by atoms with Gasteiger partial charge in [0.2, 0.25) is 5.95 Å². The van der Waals surface area contributed by atoms with Crippen LogP contribution in [0.15, 0.2) is 30.9 Å². The van der Waals surface area contributed by atoms with Crippen LogP contribution in [0, 0.1) is 0 Å². The second-order valence-electron chi connectivity index (χ2n) is 7.25. The minimum Gasteiger partial charge on any atom is -0.340 e. The maximum Gasteiger partial charge on any atom is 0.225 e. The summed E-state index contributed by atoms with van der Waals surface area (Å²) in [7, 11) is 0. The van der Waals surface area contributed by atoms with Gasteiger partial charge in [0.1, 0.15) is 5.69 Å². The highest BCUT2D eigenvalue weighted by Crippen LogP contribution is 2.35. The van der Waals surface area contributed by atoms with Gasteiger partial charge in [0.15, 0.2) is 0 Å². The van der Waals surface area contributed by atoms with Gasteiger partial charge in [0.05, 0.1) is 22.6 Å². The van der Waals surface area contributed by atoms with Crippen molar-refractivity contribution in [1.82, 2.24) is 24.9 Å². The first kappa shape index (κ1) is 16.7. The number of thiazole rings is 1. The smallest absolute Gasteiger partial charge is 0.225 e. The van der Waals surface area contributed by atoms with E-state index < -0.39 is 0 Å². The van der Waals surface area contributed by atoms with Gasteiger partial charge in [-0.3, -0.25) is 9.97 Å². The Morgan fingerprint density at radius 1 is 0.963 bits per heavy atom. The van der Waals surface area contributed by atoms with E-state index in [9.17, 15) is 0 Å². The molecule has 1 aliphatic carbocycles. The summed E-state index contributed by atoms with van der Waals surface area (Å²) >= 11 is 1.94. The Balaban J connectivity index is 1.37. The summed E-state index contributed by atoms with van der Waals surface area (Å²) in [6.07, 6.45) is 14.2. The summed E-state index contributed by atoms with van der Waals surface area (Å²) in [5, 5.41) is 1.32. The molecule has 7 heteroatoms. The van der Waals surface area contributed by atoms with Gasteiger partial charge in [-0.1, -0.05) is 0 Å². The molecule has 0 aromatic carbocycles. The number of piperidine rings is 1. The lowest BCUT2D eigenvalue weighted by Gasteiger charge is -2.31. The molecule has 0 radical (unpaired) electrons. The number of fused-ring (bicyclic) bond motifs is 1. The van der Waals surface area contributed by atoms with Crippen LogP contribution in [0.2, 0.25) is 0 Å². The van der Waals surface area contributed by atoms with Crippen LogP contribution in [0.1, 0.15) is 47.2 Å². The topological polar surface area (TPSA) is 67.7 Å². The third-order valence-corrected chi connectivity index (χ3v) is 6.70. The molecule has 0 spiro atoms. The van der Waals surface area contributed by atoms with Crippen molar-refractivity contribution in [2.75, 3.05) is 18.0 Å². The van der Waals surface area contributed by atoms with Gasteiger partial charge in [0, 0.05) is 42.5 Å². The van der Waals surface area contributed by atoms with Crippen molar-refractivity contribution in [3.05, 3.63) is 46.4 Å². The molecule has 138 valence electrons. The molecule has 4 heterocycles. The fourth-order valence-corrected chi connectivity index (χ4v) is 5.26. The van der Waals surface area contributed by atoms with Crippen LogP contribution >= 0.6 is 11.3 Å². The SMILES string of the molecule is c1cnc(-c2ccnc(N3CCC[C@H](c4nc5c(s4)CCCC5)C3)n2)cn1. The quantitative estimate of drug-likeness (QED) is 0.693. The summed E-state index contributed by atoms with van der Waals surface area (Å²) in [4.78, 5) is 26.6. The molecule has 2 aliphatic rings. The molecule has 0 saturated carbocycles. The van der Waals surface area contributed by atoms with Gasteiger partial charge < -0.3 is 4.90 Å². The Morgan fingerprint density at radius 3 is 2.81 bits per heavy atom. The van der Waals surface area contributed by atoms with Gasteiger partial charge in [-0.05, 0) is 44.6 Å². The Bertz CT molecular complexity index is 902. The fourth-order valence-electron chi connectivity index (χ4n) is 3.98. The molecule has 1 saturated heterocycles. The monoisotopic (exact) mass is 378 g/mol. The number of aryl methyl sites for hydroxylation is 2.